The topological polar surface area (TPSA) is 143 Å². The fraction of sp³-hybridized carbons (Fsp3) is 0.536. The Morgan fingerprint density at radius 1 is 0.975 bits per heavy atom. The number of carboxylic acid groups (broad SMARTS) is 1. The molecule has 1 aromatic heterocycles. The van der Waals surface area contributed by atoms with Crippen LogP contribution in [0.4, 0.5) is 4.79 Å². The number of hydrogen-bond donors (Lipinski definition) is 3. The van der Waals surface area contributed by atoms with E-state index in [0.717, 1.165) is 14.8 Å². The maximum absolute atomic E-state index is 13.7. The Bertz CT molecular complexity index is 1180. The van der Waals surface area contributed by atoms with Crippen molar-refractivity contribution in [1.82, 2.24) is 23.8 Å². The predicted octanol–water partition coefficient (Wildman–Crippen LogP) is 2.44. The minimum absolute atomic E-state index is 0.00914. The van der Waals surface area contributed by atoms with Gasteiger partial charge < -0.3 is 15.5 Å². The van der Waals surface area contributed by atoms with Crippen LogP contribution in [-0.4, -0.2) is 94.5 Å². The number of benzene rings is 1. The molecule has 2 rings (SSSR count). The summed E-state index contributed by atoms with van der Waals surface area (Å²) in [6, 6.07) is 12.4. The number of pyridine rings is 1. The lowest BCUT2D eigenvalue weighted by Gasteiger charge is -2.35. The van der Waals surface area contributed by atoms with Crippen molar-refractivity contribution in [1.29, 1.82) is 0 Å². The van der Waals surface area contributed by atoms with E-state index < -0.39 is 46.3 Å². The molecule has 0 spiro atoms. The number of nitrogens with zero attached hydrogens (tertiary/aromatic N) is 4. The van der Waals surface area contributed by atoms with Crippen molar-refractivity contribution in [3.8, 4) is 0 Å². The summed E-state index contributed by atoms with van der Waals surface area (Å²) >= 11 is 0. The van der Waals surface area contributed by atoms with Crippen molar-refractivity contribution in [2.24, 2.45) is 11.8 Å². The zero-order chi connectivity index (χ0) is 30.0. The standard InChI is InChI=1S/C28H43N5O6S/c1-20(2)17-32(40(38,39)31(5)6)19-25(34)24(16-22-12-8-7-9-13-22)30-27(35)26(21(3)4)33(28(36)37)18-23-14-10-11-15-29-23/h7-15,20-21,24-26,34H,16-19H2,1-6H3,(H,30,35)(H,36,37)/t24-,25+,26-/m0/s1. The molecule has 0 aliphatic heterocycles. The van der Waals surface area contributed by atoms with Gasteiger partial charge in [-0.25, -0.2) is 4.79 Å². The molecular formula is C28H43N5O6S. The molecule has 3 atom stereocenters. The third kappa shape index (κ3) is 9.54. The van der Waals surface area contributed by atoms with Crippen LogP contribution in [0.3, 0.4) is 0 Å². The molecule has 0 saturated heterocycles. The molecule has 1 aromatic carbocycles. The van der Waals surface area contributed by atoms with Gasteiger partial charge in [0.2, 0.25) is 5.91 Å². The maximum Gasteiger partial charge on any atom is 0.408 e. The average Bonchev–Trinajstić information content (AvgIpc) is 2.88. The largest absolute Gasteiger partial charge is 0.465 e. The number of aromatic nitrogens is 1. The smallest absolute Gasteiger partial charge is 0.408 e. The maximum atomic E-state index is 13.7. The number of aliphatic hydroxyl groups excluding tert-OH is 1. The molecular weight excluding hydrogens is 534 g/mol. The molecule has 222 valence electrons. The minimum Gasteiger partial charge on any atom is -0.465 e. The van der Waals surface area contributed by atoms with E-state index in [9.17, 15) is 28.2 Å². The summed E-state index contributed by atoms with van der Waals surface area (Å²) < 4.78 is 28.3. The first-order chi connectivity index (χ1) is 18.7. The lowest BCUT2D eigenvalue weighted by molar-refractivity contribution is -0.129. The Balaban J connectivity index is 2.39. The molecule has 2 aromatic rings. The van der Waals surface area contributed by atoms with E-state index in [1.165, 1.54) is 18.4 Å². The van der Waals surface area contributed by atoms with Crippen molar-refractivity contribution >= 4 is 22.2 Å². The average molecular weight is 578 g/mol. The van der Waals surface area contributed by atoms with E-state index in [0.29, 0.717) is 5.69 Å². The molecule has 2 amide bonds. The first-order valence-corrected chi connectivity index (χ1v) is 14.7. The third-order valence-electron chi connectivity index (χ3n) is 6.38. The molecule has 0 aliphatic carbocycles. The SMILES string of the molecule is CC(C)CN(C[C@@H](O)[C@H](Cc1ccccc1)NC(=O)[C@H](C(C)C)N(Cc1ccccn1)C(=O)O)S(=O)(=O)N(C)C. The molecule has 3 N–H and O–H groups in total. The number of rotatable bonds is 15. The Morgan fingerprint density at radius 3 is 2.10 bits per heavy atom. The van der Waals surface area contributed by atoms with Gasteiger partial charge in [0.25, 0.3) is 10.2 Å². The van der Waals surface area contributed by atoms with E-state index in [-0.39, 0.29) is 32.0 Å². The van der Waals surface area contributed by atoms with Gasteiger partial charge in [-0.05, 0) is 36.0 Å². The summed E-state index contributed by atoms with van der Waals surface area (Å²) in [5, 5.41) is 24.2. The van der Waals surface area contributed by atoms with Gasteiger partial charge in [0.15, 0.2) is 0 Å². The first kappa shape index (κ1) is 33.1. The number of aliphatic hydroxyl groups is 1. The number of carbonyl (C=O) groups excluding carboxylic acids is 1. The summed E-state index contributed by atoms with van der Waals surface area (Å²) in [6.45, 7) is 7.08. The van der Waals surface area contributed by atoms with Crippen LogP contribution in [0.25, 0.3) is 0 Å². The second-order valence-corrected chi connectivity index (χ2v) is 12.9. The fourth-order valence-electron chi connectivity index (χ4n) is 4.41. The van der Waals surface area contributed by atoms with Crippen LogP contribution in [0.2, 0.25) is 0 Å². The second-order valence-electron chi connectivity index (χ2n) is 10.8. The van der Waals surface area contributed by atoms with Crippen LogP contribution in [0.1, 0.15) is 39.0 Å². The van der Waals surface area contributed by atoms with Gasteiger partial charge >= 0.3 is 6.09 Å². The van der Waals surface area contributed by atoms with Gasteiger partial charge in [-0.1, -0.05) is 64.1 Å². The van der Waals surface area contributed by atoms with E-state index in [4.69, 9.17) is 0 Å². The van der Waals surface area contributed by atoms with E-state index in [2.05, 4.69) is 10.3 Å². The molecule has 0 aliphatic rings. The minimum atomic E-state index is -3.85. The molecule has 1 heterocycles. The van der Waals surface area contributed by atoms with Crippen LogP contribution >= 0.6 is 0 Å². The molecule has 0 bridgehead atoms. The Hall–Kier alpha value is -3.06. The van der Waals surface area contributed by atoms with Crippen LogP contribution in [0, 0.1) is 11.8 Å². The predicted molar refractivity (Wildman–Crippen MR) is 154 cm³/mol. The van der Waals surface area contributed by atoms with Crippen LogP contribution in [0.15, 0.2) is 54.7 Å². The summed E-state index contributed by atoms with van der Waals surface area (Å²) in [4.78, 5) is 31.2. The summed E-state index contributed by atoms with van der Waals surface area (Å²) in [7, 11) is -1.00. The normalized spacial score (nSPS) is 14.4. The molecule has 0 unspecified atom stereocenters. The number of carbonyl (C=O) groups is 2. The quantitative estimate of drug-likeness (QED) is 0.295. The van der Waals surface area contributed by atoms with Crippen molar-refractivity contribution < 1.29 is 28.2 Å². The highest BCUT2D eigenvalue weighted by Gasteiger charge is 2.36. The van der Waals surface area contributed by atoms with Crippen LogP contribution in [-0.2, 0) is 28.0 Å². The van der Waals surface area contributed by atoms with Gasteiger partial charge in [0.1, 0.15) is 6.04 Å². The van der Waals surface area contributed by atoms with Crippen LogP contribution in [0.5, 0.6) is 0 Å². The van der Waals surface area contributed by atoms with E-state index in [1.807, 2.05) is 44.2 Å². The first-order valence-electron chi connectivity index (χ1n) is 13.3. The monoisotopic (exact) mass is 577 g/mol. The summed E-state index contributed by atoms with van der Waals surface area (Å²) in [5.74, 6) is -0.995. The number of nitrogens with one attached hydrogen (secondary N) is 1. The van der Waals surface area contributed by atoms with Crippen molar-refractivity contribution in [2.45, 2.75) is 58.8 Å². The van der Waals surface area contributed by atoms with E-state index in [1.54, 1.807) is 38.2 Å². The fourth-order valence-corrected chi connectivity index (χ4v) is 5.70. The molecule has 0 saturated carbocycles. The van der Waals surface area contributed by atoms with Crippen molar-refractivity contribution in [3.63, 3.8) is 0 Å². The van der Waals surface area contributed by atoms with Crippen LogP contribution < -0.4 is 5.32 Å². The van der Waals surface area contributed by atoms with Gasteiger partial charge in [-0.15, -0.1) is 0 Å². The van der Waals surface area contributed by atoms with Gasteiger partial charge in [-0.2, -0.15) is 17.0 Å². The Labute approximate surface area is 238 Å². The molecule has 40 heavy (non-hydrogen) atoms. The van der Waals surface area contributed by atoms with Gasteiger partial charge in [0, 0.05) is 33.4 Å². The zero-order valence-electron chi connectivity index (χ0n) is 24.1. The van der Waals surface area contributed by atoms with Crippen molar-refractivity contribution in [3.05, 3.63) is 66.0 Å². The molecule has 12 heteroatoms. The molecule has 0 radical (unpaired) electrons. The highest BCUT2D eigenvalue weighted by atomic mass is 32.2. The highest BCUT2D eigenvalue weighted by molar-refractivity contribution is 7.86. The molecule has 11 nitrogen and oxygen atoms in total. The summed E-state index contributed by atoms with van der Waals surface area (Å²) in [6.07, 6.45) is -0.792. The Morgan fingerprint density at radius 2 is 1.60 bits per heavy atom. The third-order valence-corrected chi connectivity index (χ3v) is 8.25. The van der Waals surface area contributed by atoms with E-state index >= 15 is 0 Å². The van der Waals surface area contributed by atoms with Crippen molar-refractivity contribution in [2.75, 3.05) is 27.2 Å². The number of hydrogen-bond acceptors (Lipinski definition) is 6. The zero-order valence-corrected chi connectivity index (χ0v) is 25.0. The molecule has 0 fully saturated rings. The van der Waals surface area contributed by atoms with Gasteiger partial charge in [0.05, 0.1) is 24.4 Å². The lowest BCUT2D eigenvalue weighted by atomic mass is 9.97. The highest BCUT2D eigenvalue weighted by Crippen LogP contribution is 2.18. The second kappa shape index (κ2) is 15.1. The summed E-state index contributed by atoms with van der Waals surface area (Å²) in [5.41, 5.74) is 1.31. The number of amides is 2. The lowest BCUT2D eigenvalue weighted by Crippen LogP contribution is -2.58. The van der Waals surface area contributed by atoms with Gasteiger partial charge in [-0.3, -0.25) is 14.7 Å². The Kier molecular flexibility index (Phi) is 12.5.